The summed E-state index contributed by atoms with van der Waals surface area (Å²) in [6, 6.07) is 1.83. The number of nitrogens with two attached hydrogens (primary N) is 1. The van der Waals surface area contributed by atoms with Crippen LogP contribution in [0.1, 0.15) is 23.5 Å². The molecule has 3 N–H and O–H groups in total. The first-order valence-electron chi connectivity index (χ1n) is 5.63. The maximum absolute atomic E-state index is 12.0. The normalized spacial score (nSPS) is 10.3. The average molecular weight is 261 g/mol. The van der Waals surface area contributed by atoms with E-state index in [1.165, 1.54) is 16.9 Å². The van der Waals surface area contributed by atoms with Crippen molar-refractivity contribution in [2.75, 3.05) is 12.3 Å². The Morgan fingerprint density at radius 1 is 1.56 bits per heavy atom. The molecule has 0 unspecified atom stereocenters. The number of fused-ring (bicyclic) bond motifs is 1. The maximum atomic E-state index is 12.0. The van der Waals surface area contributed by atoms with Crippen LogP contribution in [0.15, 0.2) is 30.1 Å². The van der Waals surface area contributed by atoms with Crippen LogP contribution in [-0.4, -0.2) is 17.4 Å². The Morgan fingerprint density at radius 2 is 2.33 bits per heavy atom. The Morgan fingerprint density at radius 3 is 3.00 bits per heavy atom. The van der Waals surface area contributed by atoms with Crippen molar-refractivity contribution in [1.29, 1.82) is 0 Å². The molecule has 0 radical (unpaired) electrons. The van der Waals surface area contributed by atoms with Crippen LogP contribution in [0.25, 0.3) is 10.1 Å². The fourth-order valence-electron chi connectivity index (χ4n) is 1.57. The van der Waals surface area contributed by atoms with Crippen LogP contribution in [0.3, 0.4) is 0 Å². The lowest BCUT2D eigenvalue weighted by Crippen LogP contribution is -2.23. The summed E-state index contributed by atoms with van der Waals surface area (Å²) in [5.41, 5.74) is 7.68. The number of anilines is 1. The highest BCUT2D eigenvalue weighted by Crippen LogP contribution is 2.32. The zero-order valence-corrected chi connectivity index (χ0v) is 11.2. The summed E-state index contributed by atoms with van der Waals surface area (Å²) in [6.45, 7) is 4.50. The second-order valence-electron chi connectivity index (χ2n) is 4.21. The number of rotatable bonds is 3. The lowest BCUT2D eigenvalue weighted by Gasteiger charge is -2.01. The number of pyridine rings is 1. The van der Waals surface area contributed by atoms with Gasteiger partial charge in [-0.05, 0) is 19.9 Å². The van der Waals surface area contributed by atoms with E-state index < -0.39 is 0 Å². The van der Waals surface area contributed by atoms with Crippen LogP contribution in [-0.2, 0) is 0 Å². The van der Waals surface area contributed by atoms with Gasteiger partial charge in [-0.15, -0.1) is 11.3 Å². The molecule has 2 aromatic rings. The van der Waals surface area contributed by atoms with Gasteiger partial charge in [0.1, 0.15) is 4.88 Å². The SMILES string of the molecule is CC(C)=CCNC(=O)c1sc2cnccc2c1N. The lowest BCUT2D eigenvalue weighted by atomic mass is 10.2. The molecule has 18 heavy (non-hydrogen) atoms. The molecule has 0 atom stereocenters. The molecule has 2 rings (SSSR count). The monoisotopic (exact) mass is 261 g/mol. The highest BCUT2D eigenvalue weighted by Gasteiger charge is 2.15. The number of aromatic nitrogens is 1. The summed E-state index contributed by atoms with van der Waals surface area (Å²) in [5, 5.41) is 3.72. The molecule has 4 nitrogen and oxygen atoms in total. The minimum atomic E-state index is -0.133. The van der Waals surface area contributed by atoms with Crippen LogP contribution in [0, 0.1) is 0 Å². The molecule has 94 valence electrons. The number of carbonyl (C=O) groups is 1. The molecule has 2 aromatic heterocycles. The van der Waals surface area contributed by atoms with Crippen molar-refractivity contribution in [1.82, 2.24) is 10.3 Å². The lowest BCUT2D eigenvalue weighted by molar-refractivity contribution is 0.0963. The van der Waals surface area contributed by atoms with E-state index in [2.05, 4.69) is 10.3 Å². The molecule has 0 spiro atoms. The minimum absolute atomic E-state index is 0.133. The summed E-state index contributed by atoms with van der Waals surface area (Å²) >= 11 is 1.37. The molecule has 0 aliphatic carbocycles. The Balaban J connectivity index is 2.23. The molecule has 0 aromatic carbocycles. The maximum Gasteiger partial charge on any atom is 0.263 e. The highest BCUT2D eigenvalue weighted by molar-refractivity contribution is 7.21. The van der Waals surface area contributed by atoms with E-state index in [0.29, 0.717) is 17.1 Å². The van der Waals surface area contributed by atoms with Crippen LogP contribution in [0.4, 0.5) is 5.69 Å². The van der Waals surface area contributed by atoms with Gasteiger partial charge in [-0.3, -0.25) is 9.78 Å². The zero-order chi connectivity index (χ0) is 13.1. The topological polar surface area (TPSA) is 68.0 Å². The van der Waals surface area contributed by atoms with Gasteiger partial charge in [0, 0.05) is 24.3 Å². The zero-order valence-electron chi connectivity index (χ0n) is 10.4. The van der Waals surface area contributed by atoms with Gasteiger partial charge in [0.25, 0.3) is 5.91 Å². The predicted molar refractivity (Wildman–Crippen MR) is 75.8 cm³/mol. The van der Waals surface area contributed by atoms with Gasteiger partial charge in [0.05, 0.1) is 10.4 Å². The molecule has 0 fully saturated rings. The minimum Gasteiger partial charge on any atom is -0.397 e. The number of nitrogens with zero attached hydrogens (tertiary/aromatic N) is 1. The van der Waals surface area contributed by atoms with E-state index >= 15 is 0 Å². The van der Waals surface area contributed by atoms with Gasteiger partial charge < -0.3 is 11.1 Å². The molecule has 0 saturated heterocycles. The second kappa shape index (κ2) is 5.18. The largest absolute Gasteiger partial charge is 0.397 e. The van der Waals surface area contributed by atoms with Crippen LogP contribution >= 0.6 is 11.3 Å². The van der Waals surface area contributed by atoms with Crippen LogP contribution in [0.5, 0.6) is 0 Å². The molecular formula is C13H15N3OS. The third-order valence-electron chi connectivity index (χ3n) is 2.51. The first-order chi connectivity index (χ1) is 8.59. The molecule has 2 heterocycles. The Labute approximate surface area is 110 Å². The molecule has 5 heteroatoms. The van der Waals surface area contributed by atoms with Gasteiger partial charge in [0.2, 0.25) is 0 Å². The van der Waals surface area contributed by atoms with Crippen molar-refractivity contribution in [3.8, 4) is 0 Å². The molecule has 0 bridgehead atoms. The van der Waals surface area contributed by atoms with E-state index in [-0.39, 0.29) is 5.91 Å². The van der Waals surface area contributed by atoms with Crippen molar-refractivity contribution in [3.05, 3.63) is 35.0 Å². The number of thiophene rings is 1. The van der Waals surface area contributed by atoms with Gasteiger partial charge >= 0.3 is 0 Å². The Hall–Kier alpha value is -1.88. The number of amides is 1. The number of nitrogens with one attached hydrogen (secondary N) is 1. The molecule has 0 aliphatic rings. The summed E-state index contributed by atoms with van der Waals surface area (Å²) in [6.07, 6.45) is 5.36. The number of hydrogen-bond acceptors (Lipinski definition) is 4. The number of allylic oxidation sites excluding steroid dienone is 1. The molecule has 1 amide bonds. The third-order valence-corrected chi connectivity index (χ3v) is 3.67. The van der Waals surface area contributed by atoms with Crippen molar-refractivity contribution < 1.29 is 4.79 Å². The molecule has 0 aliphatic heterocycles. The van der Waals surface area contributed by atoms with Crippen molar-refractivity contribution in [2.24, 2.45) is 0 Å². The quantitative estimate of drug-likeness (QED) is 0.834. The van der Waals surface area contributed by atoms with Gasteiger partial charge in [-0.25, -0.2) is 0 Å². The first kappa shape index (κ1) is 12.6. The van der Waals surface area contributed by atoms with E-state index in [1.54, 1.807) is 12.4 Å². The van der Waals surface area contributed by atoms with Crippen molar-refractivity contribution >= 4 is 33.0 Å². The van der Waals surface area contributed by atoms with Gasteiger partial charge in [0.15, 0.2) is 0 Å². The number of carbonyl (C=O) groups excluding carboxylic acids is 1. The van der Waals surface area contributed by atoms with Crippen LogP contribution in [0.2, 0.25) is 0 Å². The highest BCUT2D eigenvalue weighted by atomic mass is 32.1. The predicted octanol–water partition coefficient (Wildman–Crippen LogP) is 2.57. The van der Waals surface area contributed by atoms with E-state index in [1.807, 2.05) is 26.0 Å². The van der Waals surface area contributed by atoms with Crippen LogP contribution < -0.4 is 11.1 Å². The van der Waals surface area contributed by atoms with Gasteiger partial charge in [-0.1, -0.05) is 11.6 Å². The fourth-order valence-corrected chi connectivity index (χ4v) is 2.57. The van der Waals surface area contributed by atoms with Crippen molar-refractivity contribution in [3.63, 3.8) is 0 Å². The Bertz CT molecular complexity index is 612. The van der Waals surface area contributed by atoms with Crippen molar-refractivity contribution in [2.45, 2.75) is 13.8 Å². The number of hydrogen-bond donors (Lipinski definition) is 2. The first-order valence-corrected chi connectivity index (χ1v) is 6.45. The molecule has 0 saturated carbocycles. The van der Waals surface area contributed by atoms with Gasteiger partial charge in [-0.2, -0.15) is 0 Å². The standard InChI is InChI=1S/C13H15N3OS/c1-8(2)3-6-16-13(17)12-11(14)9-4-5-15-7-10(9)18-12/h3-5,7H,6,14H2,1-2H3,(H,16,17). The average Bonchev–Trinajstić information content (AvgIpc) is 2.67. The summed E-state index contributed by atoms with van der Waals surface area (Å²) < 4.78 is 0.933. The van der Waals surface area contributed by atoms with E-state index in [4.69, 9.17) is 5.73 Å². The molecular weight excluding hydrogens is 246 g/mol. The third kappa shape index (κ3) is 2.51. The smallest absolute Gasteiger partial charge is 0.263 e. The Kier molecular flexibility index (Phi) is 3.62. The summed E-state index contributed by atoms with van der Waals surface area (Å²) in [4.78, 5) is 16.6. The number of nitrogen functional groups attached to an aromatic ring is 1. The van der Waals surface area contributed by atoms with E-state index in [0.717, 1.165) is 10.1 Å². The summed E-state index contributed by atoms with van der Waals surface area (Å²) in [7, 11) is 0. The fraction of sp³-hybridized carbons (Fsp3) is 0.231. The summed E-state index contributed by atoms with van der Waals surface area (Å²) in [5.74, 6) is -0.133. The van der Waals surface area contributed by atoms with E-state index in [9.17, 15) is 4.79 Å². The second-order valence-corrected chi connectivity index (χ2v) is 5.26.